The lowest BCUT2D eigenvalue weighted by atomic mass is 10.1. The summed E-state index contributed by atoms with van der Waals surface area (Å²) in [6.07, 6.45) is 0.342. The molecule has 0 bridgehead atoms. The lowest BCUT2D eigenvalue weighted by Crippen LogP contribution is -2.39. The molecule has 1 fully saturated rings. The van der Waals surface area contributed by atoms with Crippen LogP contribution in [0.1, 0.15) is 12.0 Å². The second-order valence-electron chi connectivity index (χ2n) is 8.11. The highest BCUT2D eigenvalue weighted by Crippen LogP contribution is 2.29. The van der Waals surface area contributed by atoms with Crippen molar-refractivity contribution in [3.8, 4) is 5.75 Å². The number of carbonyl (C=O) groups excluding carboxylic acids is 2. The van der Waals surface area contributed by atoms with Gasteiger partial charge in [-0.2, -0.15) is 0 Å². The summed E-state index contributed by atoms with van der Waals surface area (Å²) in [5.74, 6) is -0.484. The topological polar surface area (TPSA) is 61.9 Å². The zero-order valence-electron chi connectivity index (χ0n) is 19.2. The molecule has 0 radical (unpaired) electrons. The van der Waals surface area contributed by atoms with E-state index in [-0.39, 0.29) is 23.3 Å². The van der Waals surface area contributed by atoms with Gasteiger partial charge in [0.05, 0.1) is 19.2 Å². The van der Waals surface area contributed by atoms with E-state index in [2.05, 4.69) is 5.32 Å². The number of nitrogens with one attached hydrogen (secondary N) is 1. The number of methoxy groups -OCH3 is 1. The molecule has 0 unspecified atom stereocenters. The van der Waals surface area contributed by atoms with E-state index in [9.17, 15) is 14.0 Å². The molecule has 186 valence electrons. The average Bonchev–Trinajstić information content (AvgIpc) is 3.08. The van der Waals surface area contributed by atoms with Crippen LogP contribution in [0.5, 0.6) is 5.75 Å². The summed E-state index contributed by atoms with van der Waals surface area (Å²) in [5.41, 5.74) is 1.83. The number of halogens is 3. The van der Waals surface area contributed by atoms with E-state index in [0.717, 1.165) is 5.56 Å². The maximum Gasteiger partial charge on any atom is 0.256 e. The first kappa shape index (κ1) is 25.9. The largest absolute Gasteiger partial charge is 0.497 e. The third-order valence-corrected chi connectivity index (χ3v) is 6.80. The van der Waals surface area contributed by atoms with E-state index in [4.69, 9.17) is 40.2 Å². The molecule has 1 N–H and O–H groups in total. The highest BCUT2D eigenvalue weighted by Gasteiger charge is 2.44. The highest BCUT2D eigenvalue weighted by atomic mass is 35.5. The molecule has 1 heterocycles. The van der Waals surface area contributed by atoms with Crippen molar-refractivity contribution in [2.75, 3.05) is 23.9 Å². The molecule has 1 aliphatic heterocycles. The summed E-state index contributed by atoms with van der Waals surface area (Å²) in [5, 5.41) is 4.06. The number of anilines is 2. The fourth-order valence-corrected chi connectivity index (χ4v) is 4.86. The number of thiocarbonyl (C=S) groups is 1. The number of hydrogen-bond donors (Lipinski definition) is 1. The van der Waals surface area contributed by atoms with E-state index in [1.54, 1.807) is 48.4 Å². The first-order valence-electron chi connectivity index (χ1n) is 11.0. The molecule has 3 aromatic rings. The molecule has 4 rings (SSSR count). The summed E-state index contributed by atoms with van der Waals surface area (Å²) in [6, 6.07) is 16.7. The number of carbonyl (C=O) groups is 2. The molecule has 3 aromatic carbocycles. The van der Waals surface area contributed by atoms with E-state index >= 15 is 0 Å². The number of nitrogens with zero attached hydrogens (tertiary/aromatic N) is 2. The van der Waals surface area contributed by atoms with E-state index in [1.807, 2.05) is 6.07 Å². The maximum atomic E-state index is 13.5. The van der Waals surface area contributed by atoms with Crippen LogP contribution in [0.2, 0.25) is 10.0 Å². The summed E-state index contributed by atoms with van der Waals surface area (Å²) < 4.78 is 18.6. The Labute approximate surface area is 223 Å². The molecular formula is C26H22Cl2FN3O3S. The molecule has 0 aliphatic carbocycles. The van der Waals surface area contributed by atoms with Gasteiger partial charge in [0.25, 0.3) is 5.91 Å². The zero-order chi connectivity index (χ0) is 25.8. The SMILES string of the molecule is COc1ccc(NC(=O)C[C@H]2C(=O)N(c3ccc(F)cc3)C(=S)N2CCc2ccc(Cl)cc2Cl)cc1. The Morgan fingerprint density at radius 3 is 2.42 bits per heavy atom. The van der Waals surface area contributed by atoms with Crippen LogP contribution in [-0.2, 0) is 16.0 Å². The summed E-state index contributed by atoms with van der Waals surface area (Å²) in [6.45, 7) is 0.337. The highest BCUT2D eigenvalue weighted by molar-refractivity contribution is 7.80. The molecular weight excluding hydrogens is 524 g/mol. The average molecular weight is 546 g/mol. The van der Waals surface area contributed by atoms with E-state index in [1.165, 1.54) is 29.2 Å². The van der Waals surface area contributed by atoms with Crippen molar-refractivity contribution in [1.29, 1.82) is 0 Å². The minimum Gasteiger partial charge on any atom is -0.497 e. The van der Waals surface area contributed by atoms with Gasteiger partial charge in [-0.25, -0.2) is 4.39 Å². The number of hydrogen-bond acceptors (Lipinski definition) is 4. The van der Waals surface area contributed by atoms with Crippen LogP contribution in [0.3, 0.4) is 0 Å². The number of amides is 2. The lowest BCUT2D eigenvalue weighted by Gasteiger charge is -2.24. The van der Waals surface area contributed by atoms with Gasteiger partial charge in [0.1, 0.15) is 17.6 Å². The van der Waals surface area contributed by atoms with E-state index < -0.39 is 11.9 Å². The van der Waals surface area contributed by atoms with Gasteiger partial charge >= 0.3 is 0 Å². The van der Waals surface area contributed by atoms with Gasteiger partial charge in [-0.15, -0.1) is 0 Å². The summed E-state index contributed by atoms with van der Waals surface area (Å²) >= 11 is 18.0. The Balaban J connectivity index is 1.55. The minimum atomic E-state index is -0.841. The lowest BCUT2D eigenvalue weighted by molar-refractivity contribution is -0.124. The summed E-state index contributed by atoms with van der Waals surface area (Å²) in [7, 11) is 1.56. The monoisotopic (exact) mass is 545 g/mol. The number of rotatable bonds is 8. The Morgan fingerprint density at radius 1 is 1.08 bits per heavy atom. The minimum absolute atomic E-state index is 0.128. The zero-order valence-corrected chi connectivity index (χ0v) is 21.5. The van der Waals surface area contributed by atoms with Gasteiger partial charge in [0.15, 0.2) is 5.11 Å². The van der Waals surface area contributed by atoms with Crippen molar-refractivity contribution in [3.63, 3.8) is 0 Å². The molecule has 1 saturated heterocycles. The molecule has 1 aliphatic rings. The van der Waals surface area contributed by atoms with Gasteiger partial charge in [0, 0.05) is 22.3 Å². The fourth-order valence-electron chi connectivity index (χ4n) is 3.94. The second-order valence-corrected chi connectivity index (χ2v) is 9.32. The van der Waals surface area contributed by atoms with Crippen molar-refractivity contribution in [3.05, 3.63) is 88.2 Å². The predicted molar refractivity (Wildman–Crippen MR) is 143 cm³/mol. The Bertz CT molecular complexity index is 1290. The predicted octanol–water partition coefficient (Wildman–Crippen LogP) is 5.71. The standard InChI is InChI=1S/C26H22Cl2FN3O3S/c1-35-21-10-6-19(7-11-21)30-24(33)15-23-25(34)32(20-8-4-18(29)5-9-20)26(36)31(23)13-12-16-2-3-17(27)14-22(16)28/h2-11,14,23H,12-13,15H2,1H3,(H,30,33)/t23-/m0/s1. The maximum absolute atomic E-state index is 13.5. The van der Waals surface area contributed by atoms with Crippen LogP contribution in [0.15, 0.2) is 66.7 Å². The molecule has 2 amide bonds. The van der Waals surface area contributed by atoms with Crippen molar-refractivity contribution in [1.82, 2.24) is 4.90 Å². The molecule has 0 aromatic heterocycles. The Morgan fingerprint density at radius 2 is 1.78 bits per heavy atom. The van der Waals surface area contributed by atoms with Gasteiger partial charge in [-0.05, 0) is 84.9 Å². The quantitative estimate of drug-likeness (QED) is 0.367. The van der Waals surface area contributed by atoms with Crippen molar-refractivity contribution in [2.45, 2.75) is 18.9 Å². The Hall–Kier alpha value is -3.20. The third-order valence-electron chi connectivity index (χ3n) is 5.79. The second kappa shape index (κ2) is 11.2. The smallest absolute Gasteiger partial charge is 0.256 e. The molecule has 6 nitrogen and oxygen atoms in total. The molecule has 0 spiro atoms. The molecule has 10 heteroatoms. The van der Waals surface area contributed by atoms with Gasteiger partial charge in [0.2, 0.25) is 5.91 Å². The molecule has 0 saturated carbocycles. The number of benzene rings is 3. The normalized spacial score (nSPS) is 15.4. The van der Waals surface area contributed by atoms with Crippen LogP contribution < -0.4 is 15.0 Å². The van der Waals surface area contributed by atoms with Crippen LogP contribution in [-0.4, -0.2) is 41.5 Å². The van der Waals surface area contributed by atoms with Crippen molar-refractivity contribution in [2.24, 2.45) is 0 Å². The van der Waals surface area contributed by atoms with Gasteiger partial charge in [-0.3, -0.25) is 14.5 Å². The van der Waals surface area contributed by atoms with Gasteiger partial charge in [-0.1, -0.05) is 29.3 Å². The summed E-state index contributed by atoms with van der Waals surface area (Å²) in [4.78, 5) is 29.4. The first-order valence-corrected chi connectivity index (χ1v) is 12.2. The van der Waals surface area contributed by atoms with Gasteiger partial charge < -0.3 is 15.0 Å². The van der Waals surface area contributed by atoms with E-state index in [0.29, 0.717) is 40.1 Å². The Kier molecular flexibility index (Phi) is 8.08. The van der Waals surface area contributed by atoms with Crippen LogP contribution >= 0.6 is 35.4 Å². The fraction of sp³-hybridized carbons (Fsp3) is 0.192. The molecule has 1 atom stereocenters. The van der Waals surface area contributed by atoms with Crippen LogP contribution in [0, 0.1) is 5.82 Å². The van der Waals surface area contributed by atoms with Crippen molar-refractivity contribution < 1.29 is 18.7 Å². The third kappa shape index (κ3) is 5.78. The first-order chi connectivity index (χ1) is 17.3. The van der Waals surface area contributed by atoms with Crippen molar-refractivity contribution >= 4 is 63.7 Å². The van der Waals surface area contributed by atoms with Crippen LogP contribution in [0.25, 0.3) is 0 Å². The van der Waals surface area contributed by atoms with Crippen LogP contribution in [0.4, 0.5) is 15.8 Å². The molecule has 36 heavy (non-hydrogen) atoms. The number of ether oxygens (including phenoxy) is 1.